The molecule has 0 aromatic heterocycles. The highest BCUT2D eigenvalue weighted by Gasteiger charge is 2.16. The number of nitrogens with one attached hydrogen (secondary N) is 2. The van der Waals surface area contributed by atoms with Gasteiger partial charge in [0, 0.05) is 16.4 Å². The van der Waals surface area contributed by atoms with Crippen LogP contribution >= 0.6 is 11.6 Å². The molecule has 0 heterocycles. The first-order valence-electron chi connectivity index (χ1n) is 8.22. The highest BCUT2D eigenvalue weighted by molar-refractivity contribution is 7.92. The van der Waals surface area contributed by atoms with E-state index in [0.29, 0.717) is 27.7 Å². The highest BCUT2D eigenvalue weighted by Crippen LogP contribution is 2.24. The third-order valence-corrected chi connectivity index (χ3v) is 5.49. The quantitative estimate of drug-likeness (QED) is 0.623. The number of sulfonamides is 1. The zero-order chi connectivity index (χ0) is 20.1. The Kier molecular flexibility index (Phi) is 5.87. The number of carbonyl (C=O) groups excluding carboxylic acids is 1. The van der Waals surface area contributed by atoms with Crippen molar-refractivity contribution < 1.29 is 17.9 Å². The van der Waals surface area contributed by atoms with Gasteiger partial charge in [0.2, 0.25) is 0 Å². The Bertz CT molecular complexity index is 1080. The molecule has 0 fully saturated rings. The van der Waals surface area contributed by atoms with E-state index in [1.54, 1.807) is 48.5 Å². The summed E-state index contributed by atoms with van der Waals surface area (Å²) in [5, 5.41) is 3.16. The van der Waals surface area contributed by atoms with Crippen LogP contribution in [0.5, 0.6) is 5.75 Å². The Labute approximate surface area is 168 Å². The van der Waals surface area contributed by atoms with Crippen LogP contribution < -0.4 is 14.8 Å². The van der Waals surface area contributed by atoms with Crippen molar-refractivity contribution >= 4 is 38.9 Å². The predicted molar refractivity (Wildman–Crippen MR) is 110 cm³/mol. The third-order valence-electron chi connectivity index (χ3n) is 3.86. The van der Waals surface area contributed by atoms with Gasteiger partial charge in [-0.3, -0.25) is 9.52 Å². The molecule has 1 amide bonds. The lowest BCUT2D eigenvalue weighted by molar-refractivity contribution is 0.102. The van der Waals surface area contributed by atoms with Gasteiger partial charge in [-0.15, -0.1) is 0 Å². The topological polar surface area (TPSA) is 84.5 Å². The van der Waals surface area contributed by atoms with Crippen molar-refractivity contribution in [1.82, 2.24) is 0 Å². The normalized spacial score (nSPS) is 10.9. The molecular formula is C20H17ClN2O4S. The number of carbonyl (C=O) groups is 1. The van der Waals surface area contributed by atoms with Crippen LogP contribution in [0.4, 0.5) is 11.4 Å². The number of halogens is 1. The fourth-order valence-electron chi connectivity index (χ4n) is 2.49. The van der Waals surface area contributed by atoms with Gasteiger partial charge >= 0.3 is 0 Å². The van der Waals surface area contributed by atoms with Gasteiger partial charge in [-0.1, -0.05) is 29.8 Å². The number of benzene rings is 3. The Morgan fingerprint density at radius 2 is 1.61 bits per heavy atom. The lowest BCUT2D eigenvalue weighted by Crippen LogP contribution is -2.14. The van der Waals surface area contributed by atoms with Crippen LogP contribution in [0.3, 0.4) is 0 Å². The van der Waals surface area contributed by atoms with Gasteiger partial charge in [0.1, 0.15) is 5.75 Å². The number of anilines is 2. The maximum absolute atomic E-state index is 12.5. The predicted octanol–water partition coefficient (Wildman–Crippen LogP) is 4.40. The Morgan fingerprint density at radius 1 is 0.929 bits per heavy atom. The Morgan fingerprint density at radius 3 is 2.25 bits per heavy atom. The van der Waals surface area contributed by atoms with E-state index in [0.717, 1.165) is 0 Å². The summed E-state index contributed by atoms with van der Waals surface area (Å²) in [4.78, 5) is 12.5. The molecule has 0 unspecified atom stereocenters. The van der Waals surface area contributed by atoms with Gasteiger partial charge in [0.25, 0.3) is 15.9 Å². The molecule has 0 aliphatic heterocycles. The molecule has 0 saturated carbocycles. The van der Waals surface area contributed by atoms with Crippen LogP contribution in [0.25, 0.3) is 0 Å². The summed E-state index contributed by atoms with van der Waals surface area (Å²) in [6.07, 6.45) is 0. The maximum Gasteiger partial charge on any atom is 0.261 e. The molecule has 0 bridgehead atoms. The summed E-state index contributed by atoms with van der Waals surface area (Å²) in [7, 11) is -2.28. The highest BCUT2D eigenvalue weighted by atomic mass is 35.5. The largest absolute Gasteiger partial charge is 0.496 e. The second kappa shape index (κ2) is 8.33. The zero-order valence-corrected chi connectivity index (χ0v) is 16.4. The maximum atomic E-state index is 12.5. The van der Waals surface area contributed by atoms with Crippen molar-refractivity contribution in [1.29, 1.82) is 0 Å². The first kappa shape index (κ1) is 19.7. The van der Waals surface area contributed by atoms with Crippen LogP contribution in [0, 0.1) is 0 Å². The molecule has 0 saturated heterocycles. The summed E-state index contributed by atoms with van der Waals surface area (Å²) in [6.45, 7) is 0. The molecule has 3 rings (SSSR count). The van der Waals surface area contributed by atoms with Gasteiger partial charge in [0.05, 0.1) is 17.6 Å². The first-order valence-corrected chi connectivity index (χ1v) is 10.1. The molecule has 0 radical (unpaired) electrons. The fourth-order valence-corrected chi connectivity index (χ4v) is 3.71. The number of hydrogen-bond donors (Lipinski definition) is 2. The van der Waals surface area contributed by atoms with E-state index in [2.05, 4.69) is 10.0 Å². The van der Waals surface area contributed by atoms with Gasteiger partial charge in [-0.05, 0) is 54.6 Å². The number of rotatable bonds is 6. The molecule has 3 aromatic carbocycles. The van der Waals surface area contributed by atoms with Crippen molar-refractivity contribution in [3.05, 3.63) is 83.4 Å². The smallest absolute Gasteiger partial charge is 0.261 e. The Balaban J connectivity index is 1.75. The molecule has 0 spiro atoms. The summed E-state index contributed by atoms with van der Waals surface area (Å²) >= 11 is 5.90. The van der Waals surface area contributed by atoms with Gasteiger partial charge in [-0.2, -0.15) is 0 Å². The SMILES string of the molecule is COc1cc(Cl)ccc1C(=O)Nc1ccc(S(=O)(=O)Nc2ccccc2)cc1. The molecule has 2 N–H and O–H groups in total. The summed E-state index contributed by atoms with van der Waals surface area (Å²) in [5.74, 6) is -0.0530. The van der Waals surface area contributed by atoms with E-state index in [9.17, 15) is 13.2 Å². The number of para-hydroxylation sites is 1. The molecule has 28 heavy (non-hydrogen) atoms. The van der Waals surface area contributed by atoms with Crippen LogP contribution in [-0.2, 0) is 10.0 Å². The average molecular weight is 417 g/mol. The molecular weight excluding hydrogens is 400 g/mol. The molecule has 3 aromatic rings. The summed E-state index contributed by atoms with van der Waals surface area (Å²) in [5.41, 5.74) is 1.23. The summed E-state index contributed by atoms with van der Waals surface area (Å²) < 4.78 is 32.6. The molecule has 144 valence electrons. The monoisotopic (exact) mass is 416 g/mol. The second-order valence-corrected chi connectivity index (χ2v) is 7.91. The molecule has 0 aliphatic rings. The lowest BCUT2D eigenvalue weighted by atomic mass is 10.2. The van der Waals surface area contributed by atoms with E-state index >= 15 is 0 Å². The van der Waals surface area contributed by atoms with Crippen LogP contribution in [0.1, 0.15) is 10.4 Å². The van der Waals surface area contributed by atoms with Crippen molar-refractivity contribution in [2.45, 2.75) is 4.90 Å². The molecule has 0 atom stereocenters. The van der Waals surface area contributed by atoms with Crippen LogP contribution in [0.15, 0.2) is 77.7 Å². The molecule has 0 aliphatic carbocycles. The number of methoxy groups -OCH3 is 1. The summed E-state index contributed by atoms with van der Waals surface area (Å²) in [6, 6.07) is 19.1. The average Bonchev–Trinajstić information content (AvgIpc) is 2.68. The van der Waals surface area contributed by atoms with Gasteiger partial charge in [-0.25, -0.2) is 8.42 Å². The van der Waals surface area contributed by atoms with E-state index in [4.69, 9.17) is 16.3 Å². The van der Waals surface area contributed by atoms with Crippen molar-refractivity contribution in [3.63, 3.8) is 0 Å². The lowest BCUT2D eigenvalue weighted by Gasteiger charge is -2.11. The minimum Gasteiger partial charge on any atom is -0.496 e. The third kappa shape index (κ3) is 4.62. The van der Waals surface area contributed by atoms with E-state index in [-0.39, 0.29) is 4.90 Å². The van der Waals surface area contributed by atoms with Gasteiger partial charge < -0.3 is 10.1 Å². The second-order valence-electron chi connectivity index (χ2n) is 5.79. The number of hydrogen-bond acceptors (Lipinski definition) is 4. The Hall–Kier alpha value is -3.03. The number of ether oxygens (including phenoxy) is 1. The first-order chi connectivity index (χ1) is 13.4. The van der Waals surface area contributed by atoms with Crippen molar-refractivity contribution in [2.24, 2.45) is 0 Å². The van der Waals surface area contributed by atoms with E-state index in [1.165, 1.54) is 31.4 Å². The van der Waals surface area contributed by atoms with Crippen LogP contribution in [0.2, 0.25) is 5.02 Å². The minimum atomic E-state index is -3.72. The minimum absolute atomic E-state index is 0.0819. The van der Waals surface area contributed by atoms with E-state index in [1.807, 2.05) is 0 Å². The standard InChI is InChI=1S/C20H17ClN2O4S/c1-27-19-13-14(21)7-12-18(19)20(24)22-15-8-10-17(11-9-15)28(25,26)23-16-5-3-2-4-6-16/h2-13,23H,1H3,(H,22,24). The molecule has 8 heteroatoms. The zero-order valence-electron chi connectivity index (χ0n) is 14.8. The van der Waals surface area contributed by atoms with E-state index < -0.39 is 15.9 Å². The number of amides is 1. The fraction of sp³-hybridized carbons (Fsp3) is 0.0500. The van der Waals surface area contributed by atoms with Crippen molar-refractivity contribution in [2.75, 3.05) is 17.1 Å². The van der Waals surface area contributed by atoms with Crippen molar-refractivity contribution in [3.8, 4) is 5.75 Å². The van der Waals surface area contributed by atoms with Crippen LogP contribution in [-0.4, -0.2) is 21.4 Å². The van der Waals surface area contributed by atoms with Gasteiger partial charge in [0.15, 0.2) is 0 Å². The molecule has 6 nitrogen and oxygen atoms in total.